The molecule has 1 saturated heterocycles. The minimum Gasteiger partial charge on any atom is -0.454 e. The molecule has 3 aliphatic rings. The normalized spacial score (nSPS) is 21.6. The molecule has 0 bridgehead atoms. The highest BCUT2D eigenvalue weighted by molar-refractivity contribution is 8.13. The summed E-state index contributed by atoms with van der Waals surface area (Å²) >= 11 is 1.66. The zero-order valence-electron chi connectivity index (χ0n) is 17.3. The molecule has 1 aromatic heterocycles. The highest BCUT2D eigenvalue weighted by Crippen LogP contribution is 2.39. The molecule has 0 spiro atoms. The topological polar surface area (TPSA) is 65.4 Å². The summed E-state index contributed by atoms with van der Waals surface area (Å²) in [6, 6.07) is 6.22. The van der Waals surface area contributed by atoms with Gasteiger partial charge in [0.1, 0.15) is 5.03 Å². The molecule has 7 nitrogen and oxygen atoms in total. The Balaban J connectivity index is 1.41. The Hall–Kier alpha value is -2.03. The third-order valence-corrected chi connectivity index (χ3v) is 6.63. The molecule has 0 radical (unpaired) electrons. The van der Waals surface area contributed by atoms with Crippen molar-refractivity contribution in [1.82, 2.24) is 9.88 Å². The molecule has 0 amide bonds. The van der Waals surface area contributed by atoms with Gasteiger partial charge in [-0.25, -0.2) is 4.98 Å². The van der Waals surface area contributed by atoms with Crippen LogP contribution in [-0.4, -0.2) is 60.9 Å². The largest absolute Gasteiger partial charge is 0.454 e. The summed E-state index contributed by atoms with van der Waals surface area (Å²) in [5, 5.41) is 3.13. The lowest BCUT2D eigenvalue weighted by Gasteiger charge is -2.32. The van der Waals surface area contributed by atoms with Crippen LogP contribution in [0.3, 0.4) is 0 Å². The first-order chi connectivity index (χ1) is 14.8. The zero-order valence-corrected chi connectivity index (χ0v) is 18.1. The highest BCUT2D eigenvalue weighted by Gasteiger charge is 2.28. The van der Waals surface area contributed by atoms with Crippen molar-refractivity contribution in [1.29, 1.82) is 0 Å². The molecule has 3 aliphatic heterocycles. The van der Waals surface area contributed by atoms with Crippen molar-refractivity contribution >= 4 is 27.8 Å². The maximum Gasteiger partial charge on any atom is 0.231 e. The first kappa shape index (κ1) is 19.9. The number of hydrogen-bond acceptors (Lipinski definition) is 7. The van der Waals surface area contributed by atoms with E-state index in [-0.39, 0.29) is 12.9 Å². The number of aromatic nitrogens is 1. The SMILES string of the molecule is CCOCCCN=C1Sc2nc3cc4c(cc3cc2CN1C[C@H]1CCCO1)OCO4. The first-order valence-electron chi connectivity index (χ1n) is 10.7. The molecule has 8 heteroatoms. The number of amidine groups is 1. The second kappa shape index (κ2) is 8.99. The van der Waals surface area contributed by atoms with Gasteiger partial charge in [-0.15, -0.1) is 0 Å². The van der Waals surface area contributed by atoms with Crippen LogP contribution in [0.1, 0.15) is 31.7 Å². The molecule has 0 unspecified atom stereocenters. The van der Waals surface area contributed by atoms with Gasteiger partial charge in [-0.2, -0.15) is 0 Å². The van der Waals surface area contributed by atoms with E-state index in [2.05, 4.69) is 11.0 Å². The molecule has 0 saturated carbocycles. The zero-order chi connectivity index (χ0) is 20.3. The van der Waals surface area contributed by atoms with Crippen LogP contribution < -0.4 is 9.47 Å². The van der Waals surface area contributed by atoms with Gasteiger partial charge in [0, 0.05) is 56.5 Å². The third-order valence-electron chi connectivity index (χ3n) is 5.51. The second-order valence-corrected chi connectivity index (χ2v) is 8.64. The van der Waals surface area contributed by atoms with Gasteiger partial charge in [0.2, 0.25) is 6.79 Å². The number of rotatable bonds is 7. The number of pyridine rings is 1. The minimum atomic E-state index is 0.272. The maximum atomic E-state index is 5.90. The van der Waals surface area contributed by atoms with Crippen molar-refractivity contribution in [2.45, 2.75) is 43.9 Å². The van der Waals surface area contributed by atoms with Crippen LogP contribution in [0.5, 0.6) is 11.5 Å². The molecule has 1 fully saturated rings. The van der Waals surface area contributed by atoms with Crippen LogP contribution >= 0.6 is 11.8 Å². The Bertz CT molecular complexity index is 946. The summed E-state index contributed by atoms with van der Waals surface area (Å²) in [6.07, 6.45) is 3.46. The van der Waals surface area contributed by atoms with E-state index in [1.54, 1.807) is 11.8 Å². The lowest BCUT2D eigenvalue weighted by molar-refractivity contribution is 0.0902. The fourth-order valence-corrected chi connectivity index (χ4v) is 5.01. The molecule has 4 heterocycles. The third kappa shape index (κ3) is 4.22. The van der Waals surface area contributed by atoms with Crippen LogP contribution in [0, 0.1) is 0 Å². The average molecular weight is 430 g/mol. The number of hydrogen-bond donors (Lipinski definition) is 0. The van der Waals surface area contributed by atoms with E-state index in [9.17, 15) is 0 Å². The van der Waals surface area contributed by atoms with Gasteiger partial charge in [-0.3, -0.25) is 4.99 Å². The summed E-state index contributed by atoms with van der Waals surface area (Å²) in [5.74, 6) is 1.56. The standard InChI is InChI=1S/C22H27N3O4S/c1-2-26-7-4-6-23-22-25(13-17-5-3-8-27-17)12-16-9-15-10-19-20(29-14-28-19)11-18(15)24-21(16)30-22/h9-11,17H,2-8,12-14H2,1H3/t17-/m1/s1. The molecule has 0 aliphatic carbocycles. The second-order valence-electron chi connectivity index (χ2n) is 7.68. The number of fused-ring (bicyclic) bond motifs is 3. The molecule has 5 rings (SSSR count). The van der Waals surface area contributed by atoms with Crippen molar-refractivity contribution in [3.05, 3.63) is 23.8 Å². The Morgan fingerprint density at radius 2 is 2.17 bits per heavy atom. The van der Waals surface area contributed by atoms with E-state index in [4.69, 9.17) is 28.9 Å². The lowest BCUT2D eigenvalue weighted by atomic mass is 10.1. The molecular weight excluding hydrogens is 402 g/mol. The monoisotopic (exact) mass is 429 g/mol. The van der Waals surface area contributed by atoms with E-state index >= 15 is 0 Å². The smallest absolute Gasteiger partial charge is 0.231 e. The van der Waals surface area contributed by atoms with Gasteiger partial charge in [0.05, 0.1) is 11.6 Å². The van der Waals surface area contributed by atoms with E-state index in [1.165, 1.54) is 5.56 Å². The Morgan fingerprint density at radius 3 is 3.00 bits per heavy atom. The van der Waals surface area contributed by atoms with E-state index in [0.717, 1.165) is 91.3 Å². The number of nitrogens with zero attached hydrogens (tertiary/aromatic N) is 3. The lowest BCUT2D eigenvalue weighted by Crippen LogP contribution is -2.38. The van der Waals surface area contributed by atoms with Gasteiger partial charge in [-0.05, 0) is 50.1 Å². The summed E-state index contributed by atoms with van der Waals surface area (Å²) in [4.78, 5) is 12.2. The fourth-order valence-electron chi connectivity index (χ4n) is 4.01. The molecule has 160 valence electrons. The van der Waals surface area contributed by atoms with Crippen LogP contribution in [0.2, 0.25) is 0 Å². The van der Waals surface area contributed by atoms with Crippen molar-refractivity contribution in [2.24, 2.45) is 4.99 Å². The summed E-state index contributed by atoms with van der Waals surface area (Å²) < 4.78 is 22.4. The van der Waals surface area contributed by atoms with E-state index < -0.39 is 0 Å². The Morgan fingerprint density at radius 1 is 1.27 bits per heavy atom. The fraction of sp³-hybridized carbons (Fsp3) is 0.545. The van der Waals surface area contributed by atoms with Crippen LogP contribution in [0.25, 0.3) is 10.9 Å². The number of aliphatic imine (C=N–C) groups is 1. The van der Waals surface area contributed by atoms with Gasteiger partial charge in [0.25, 0.3) is 0 Å². The molecule has 1 aromatic carbocycles. The predicted octanol–water partition coefficient (Wildman–Crippen LogP) is 3.83. The molecule has 1 atom stereocenters. The van der Waals surface area contributed by atoms with Gasteiger partial charge in [0.15, 0.2) is 16.7 Å². The van der Waals surface area contributed by atoms with Gasteiger partial charge >= 0.3 is 0 Å². The minimum absolute atomic E-state index is 0.272. The average Bonchev–Trinajstić information content (AvgIpc) is 3.42. The quantitative estimate of drug-likeness (QED) is 0.620. The van der Waals surface area contributed by atoms with Crippen molar-refractivity contribution in [3.8, 4) is 11.5 Å². The summed E-state index contributed by atoms with van der Waals surface area (Å²) in [5.41, 5.74) is 2.14. The number of thioether (sulfide) groups is 1. The summed E-state index contributed by atoms with van der Waals surface area (Å²) in [6.45, 7) is 7.07. The Kier molecular flexibility index (Phi) is 5.97. The molecule has 2 aromatic rings. The molecule has 30 heavy (non-hydrogen) atoms. The van der Waals surface area contributed by atoms with E-state index in [1.807, 2.05) is 19.1 Å². The van der Waals surface area contributed by atoms with Gasteiger partial charge in [-0.1, -0.05) is 0 Å². The van der Waals surface area contributed by atoms with Crippen molar-refractivity contribution in [3.63, 3.8) is 0 Å². The van der Waals surface area contributed by atoms with Crippen LogP contribution in [0.4, 0.5) is 0 Å². The molecule has 0 N–H and O–H groups in total. The van der Waals surface area contributed by atoms with Gasteiger partial charge < -0.3 is 23.8 Å². The summed E-state index contributed by atoms with van der Waals surface area (Å²) in [7, 11) is 0. The maximum absolute atomic E-state index is 5.90. The Labute approximate surface area is 180 Å². The first-order valence-corrected chi connectivity index (χ1v) is 11.5. The number of benzene rings is 1. The number of ether oxygens (including phenoxy) is 4. The predicted molar refractivity (Wildman–Crippen MR) is 117 cm³/mol. The van der Waals surface area contributed by atoms with Crippen LogP contribution in [-0.2, 0) is 16.0 Å². The van der Waals surface area contributed by atoms with Crippen molar-refractivity contribution in [2.75, 3.05) is 39.7 Å². The van der Waals surface area contributed by atoms with E-state index in [0.29, 0.717) is 0 Å². The molecular formula is C22H27N3O4S. The van der Waals surface area contributed by atoms with Crippen LogP contribution in [0.15, 0.2) is 28.2 Å². The van der Waals surface area contributed by atoms with Crippen molar-refractivity contribution < 1.29 is 18.9 Å². The highest BCUT2D eigenvalue weighted by atomic mass is 32.2.